The van der Waals surface area contributed by atoms with Crippen LogP contribution >= 0.6 is 0 Å². The van der Waals surface area contributed by atoms with Crippen LogP contribution < -0.4 is 5.32 Å². The molecule has 0 aromatic rings. The molecule has 0 aromatic heterocycles. The second-order valence-electron chi connectivity index (χ2n) is 2.73. The van der Waals surface area contributed by atoms with Gasteiger partial charge in [0, 0.05) is 31.1 Å². The summed E-state index contributed by atoms with van der Waals surface area (Å²) in [6, 6.07) is 0. The second kappa shape index (κ2) is 5.35. The van der Waals surface area contributed by atoms with Crippen molar-refractivity contribution >= 4 is 11.7 Å². The molecule has 0 heterocycles. The minimum atomic E-state index is -0.840. The molecule has 2 N–H and O–H groups in total. The zero-order valence-corrected chi connectivity index (χ0v) is 8.51. The predicted molar refractivity (Wildman–Crippen MR) is 53.0 cm³/mol. The Morgan fingerprint density at radius 1 is 1.46 bits per heavy atom. The van der Waals surface area contributed by atoms with Gasteiger partial charge in [0.2, 0.25) is 0 Å². The van der Waals surface area contributed by atoms with Crippen molar-refractivity contribution in [2.24, 2.45) is 4.99 Å². The number of hydrogen-bond donors (Lipinski definition) is 2. The van der Waals surface area contributed by atoms with E-state index in [9.17, 15) is 4.79 Å². The lowest BCUT2D eigenvalue weighted by atomic mass is 10.1. The molecule has 4 heteroatoms. The van der Waals surface area contributed by atoms with Gasteiger partial charge in [-0.1, -0.05) is 0 Å². The lowest BCUT2D eigenvalue weighted by Gasteiger charge is -2.09. The van der Waals surface area contributed by atoms with E-state index in [1.165, 1.54) is 0 Å². The third-order valence-electron chi connectivity index (χ3n) is 1.93. The number of aliphatic carboxylic acids is 1. The van der Waals surface area contributed by atoms with Crippen molar-refractivity contribution in [2.45, 2.75) is 20.3 Å². The number of hydrogen-bond acceptors (Lipinski definition) is 3. The van der Waals surface area contributed by atoms with Crippen molar-refractivity contribution < 1.29 is 9.90 Å². The van der Waals surface area contributed by atoms with Gasteiger partial charge in [-0.2, -0.15) is 0 Å². The molecule has 0 bridgehead atoms. The summed E-state index contributed by atoms with van der Waals surface area (Å²) < 4.78 is 0. The summed E-state index contributed by atoms with van der Waals surface area (Å²) in [5.74, 6) is -0.840. The molecule has 0 atom stereocenters. The van der Waals surface area contributed by atoms with Gasteiger partial charge in [0.25, 0.3) is 0 Å². The summed E-state index contributed by atoms with van der Waals surface area (Å²) in [6.07, 6.45) is 0.00977. The highest BCUT2D eigenvalue weighted by atomic mass is 16.4. The van der Waals surface area contributed by atoms with Gasteiger partial charge >= 0.3 is 5.97 Å². The van der Waals surface area contributed by atoms with Crippen LogP contribution in [0.4, 0.5) is 0 Å². The Kier molecular flexibility index (Phi) is 4.80. The SMILES string of the molecule is CN=C(C)/C(CC(=O)O)=C(/C)NC. The lowest BCUT2D eigenvalue weighted by Crippen LogP contribution is -2.13. The number of nitrogens with zero attached hydrogens (tertiary/aromatic N) is 1. The topological polar surface area (TPSA) is 61.7 Å². The quantitative estimate of drug-likeness (QED) is 0.642. The van der Waals surface area contributed by atoms with Gasteiger partial charge in [-0.05, 0) is 13.8 Å². The van der Waals surface area contributed by atoms with Crippen LogP contribution in [-0.4, -0.2) is 30.9 Å². The molecule has 0 unspecified atom stereocenters. The van der Waals surface area contributed by atoms with Crippen molar-refractivity contribution in [3.63, 3.8) is 0 Å². The summed E-state index contributed by atoms with van der Waals surface area (Å²) >= 11 is 0. The van der Waals surface area contributed by atoms with E-state index in [-0.39, 0.29) is 6.42 Å². The lowest BCUT2D eigenvalue weighted by molar-refractivity contribution is -0.136. The number of nitrogens with one attached hydrogen (secondary N) is 1. The van der Waals surface area contributed by atoms with E-state index in [4.69, 9.17) is 5.11 Å². The van der Waals surface area contributed by atoms with Crippen molar-refractivity contribution in [1.82, 2.24) is 5.32 Å². The maximum absolute atomic E-state index is 10.5. The minimum absolute atomic E-state index is 0.00977. The van der Waals surface area contributed by atoms with Crippen molar-refractivity contribution in [2.75, 3.05) is 14.1 Å². The van der Waals surface area contributed by atoms with E-state index in [0.717, 1.165) is 17.0 Å². The molecule has 0 aliphatic rings. The Hall–Kier alpha value is -1.32. The second-order valence-corrected chi connectivity index (χ2v) is 2.73. The van der Waals surface area contributed by atoms with Crippen LogP contribution in [-0.2, 0) is 4.79 Å². The largest absolute Gasteiger partial charge is 0.481 e. The van der Waals surface area contributed by atoms with Gasteiger partial charge < -0.3 is 10.4 Å². The molecule has 0 radical (unpaired) electrons. The third kappa shape index (κ3) is 3.73. The van der Waals surface area contributed by atoms with Gasteiger partial charge in [0.15, 0.2) is 0 Å². The molecule has 74 valence electrons. The molecule has 13 heavy (non-hydrogen) atoms. The smallest absolute Gasteiger partial charge is 0.307 e. The molecule has 0 aliphatic carbocycles. The standard InChI is InChI=1S/C9H16N2O2/c1-6(10-3)8(5-9(12)13)7(2)11-4/h10H,5H2,1-4H3,(H,12,13)/b8-6-,11-7?. The molecule has 0 rings (SSSR count). The van der Waals surface area contributed by atoms with Crippen LogP contribution in [0.2, 0.25) is 0 Å². The van der Waals surface area contributed by atoms with Crippen LogP contribution in [0.1, 0.15) is 20.3 Å². The predicted octanol–water partition coefficient (Wildman–Crippen LogP) is 1.05. The van der Waals surface area contributed by atoms with Crippen molar-refractivity contribution in [3.8, 4) is 0 Å². The van der Waals surface area contributed by atoms with E-state index in [0.29, 0.717) is 0 Å². The molecule has 4 nitrogen and oxygen atoms in total. The average molecular weight is 184 g/mol. The molecule has 0 aromatic carbocycles. The molecule has 0 spiro atoms. The Bertz CT molecular complexity index is 254. The molecule has 0 saturated carbocycles. The first kappa shape index (κ1) is 11.7. The monoisotopic (exact) mass is 184 g/mol. The number of carboxylic acid groups (broad SMARTS) is 1. The minimum Gasteiger partial charge on any atom is -0.481 e. The zero-order chi connectivity index (χ0) is 10.4. The summed E-state index contributed by atoms with van der Waals surface area (Å²) in [6.45, 7) is 3.64. The molecule has 0 fully saturated rings. The number of allylic oxidation sites excluding steroid dienone is 1. The van der Waals surface area contributed by atoms with Crippen LogP contribution in [0.3, 0.4) is 0 Å². The third-order valence-corrected chi connectivity index (χ3v) is 1.93. The van der Waals surface area contributed by atoms with E-state index in [2.05, 4.69) is 10.3 Å². The van der Waals surface area contributed by atoms with Crippen molar-refractivity contribution in [3.05, 3.63) is 11.3 Å². The van der Waals surface area contributed by atoms with E-state index in [1.54, 1.807) is 21.0 Å². The van der Waals surface area contributed by atoms with Crippen LogP contribution in [0, 0.1) is 0 Å². The van der Waals surface area contributed by atoms with Crippen LogP contribution in [0.5, 0.6) is 0 Å². The summed E-state index contributed by atoms with van der Waals surface area (Å²) in [5, 5.41) is 11.6. The fraction of sp³-hybridized carbons (Fsp3) is 0.556. The van der Waals surface area contributed by atoms with E-state index < -0.39 is 5.97 Å². The normalized spacial score (nSPS) is 13.7. The summed E-state index contributed by atoms with van der Waals surface area (Å²) in [5.41, 5.74) is 2.36. The highest BCUT2D eigenvalue weighted by molar-refractivity contribution is 6.01. The van der Waals surface area contributed by atoms with Gasteiger partial charge in [-0.3, -0.25) is 9.79 Å². The molecular formula is C9H16N2O2. The Morgan fingerprint density at radius 2 is 2.00 bits per heavy atom. The Morgan fingerprint density at radius 3 is 2.31 bits per heavy atom. The fourth-order valence-corrected chi connectivity index (χ4v) is 0.969. The maximum atomic E-state index is 10.5. The molecule has 0 aliphatic heterocycles. The van der Waals surface area contributed by atoms with Crippen molar-refractivity contribution in [1.29, 1.82) is 0 Å². The van der Waals surface area contributed by atoms with Gasteiger partial charge in [0.05, 0.1) is 6.42 Å². The van der Waals surface area contributed by atoms with E-state index in [1.807, 2.05) is 6.92 Å². The molecule has 0 amide bonds. The number of carboxylic acids is 1. The number of rotatable bonds is 4. The summed E-state index contributed by atoms with van der Waals surface area (Å²) in [4.78, 5) is 14.5. The average Bonchev–Trinajstić information content (AvgIpc) is 2.11. The highest BCUT2D eigenvalue weighted by Gasteiger charge is 2.09. The zero-order valence-electron chi connectivity index (χ0n) is 8.51. The first-order chi connectivity index (χ1) is 6.02. The molecular weight excluding hydrogens is 168 g/mol. The first-order valence-electron chi connectivity index (χ1n) is 4.06. The molecule has 0 saturated heterocycles. The first-order valence-corrected chi connectivity index (χ1v) is 4.06. The van der Waals surface area contributed by atoms with Gasteiger partial charge in [-0.15, -0.1) is 0 Å². The highest BCUT2D eigenvalue weighted by Crippen LogP contribution is 2.08. The van der Waals surface area contributed by atoms with Crippen LogP contribution in [0.15, 0.2) is 16.3 Å². The fourth-order valence-electron chi connectivity index (χ4n) is 0.969. The number of carbonyl (C=O) groups is 1. The van der Waals surface area contributed by atoms with Crippen LogP contribution in [0.25, 0.3) is 0 Å². The Labute approximate surface area is 78.4 Å². The van der Waals surface area contributed by atoms with Gasteiger partial charge in [-0.25, -0.2) is 0 Å². The summed E-state index contributed by atoms with van der Waals surface area (Å²) in [7, 11) is 3.42. The Balaban J connectivity index is 4.87. The van der Waals surface area contributed by atoms with Gasteiger partial charge in [0.1, 0.15) is 0 Å². The van der Waals surface area contributed by atoms with E-state index >= 15 is 0 Å². The maximum Gasteiger partial charge on any atom is 0.307 e. The number of aliphatic imine (C=N–C) groups is 1.